The van der Waals surface area contributed by atoms with Crippen molar-refractivity contribution in [2.24, 2.45) is 10.6 Å². The first-order valence-corrected chi connectivity index (χ1v) is 12.0. The van der Waals surface area contributed by atoms with Gasteiger partial charge in [-0.1, -0.05) is 41.0 Å². The van der Waals surface area contributed by atoms with Crippen LogP contribution in [0.25, 0.3) is 0 Å². The number of nitriles is 1. The van der Waals surface area contributed by atoms with Crippen molar-refractivity contribution < 1.29 is 32.0 Å². The van der Waals surface area contributed by atoms with E-state index >= 15 is 0 Å². The van der Waals surface area contributed by atoms with E-state index in [1.54, 1.807) is 6.92 Å². The van der Waals surface area contributed by atoms with Crippen molar-refractivity contribution in [2.45, 2.75) is 38.0 Å². The van der Waals surface area contributed by atoms with Crippen molar-refractivity contribution >= 4 is 40.7 Å². The molecule has 0 saturated heterocycles. The number of alkyl halides is 3. The number of hydrogen-bond donors (Lipinski definition) is 0. The van der Waals surface area contributed by atoms with Gasteiger partial charge in [0.15, 0.2) is 5.82 Å². The molecule has 2 aliphatic rings. The van der Waals surface area contributed by atoms with Crippen molar-refractivity contribution in [3.63, 3.8) is 0 Å². The summed E-state index contributed by atoms with van der Waals surface area (Å²) < 4.78 is 56.7. The first kappa shape index (κ1) is 27.6. The van der Waals surface area contributed by atoms with Crippen LogP contribution in [0, 0.1) is 29.5 Å². The Morgan fingerprint density at radius 1 is 1.24 bits per heavy atom. The van der Waals surface area contributed by atoms with E-state index in [1.165, 1.54) is 18.2 Å². The second-order valence-electron chi connectivity index (χ2n) is 9.24. The van der Waals surface area contributed by atoms with Crippen LogP contribution in [0.2, 0.25) is 10.0 Å². The monoisotopic (exact) mass is 567 g/mol. The molecule has 0 bridgehead atoms. The Hall–Kier alpha value is -3.42. The molecule has 0 radical (unpaired) electrons. The van der Waals surface area contributed by atoms with Crippen molar-refractivity contribution in [2.75, 3.05) is 6.54 Å². The van der Waals surface area contributed by atoms with Gasteiger partial charge in [0, 0.05) is 24.1 Å². The minimum atomic E-state index is -4.97. The number of aryl methyl sites for hydroxylation is 1. The number of carbonyl (C=O) groups is 2. The molecule has 0 aromatic heterocycles. The molecule has 6 nitrogen and oxygen atoms in total. The average Bonchev–Trinajstić information content (AvgIpc) is 3.49. The van der Waals surface area contributed by atoms with Crippen LogP contribution in [0.15, 0.2) is 48.1 Å². The van der Waals surface area contributed by atoms with Gasteiger partial charge in [0.05, 0.1) is 27.2 Å². The quantitative estimate of drug-likeness (QED) is 0.227. The summed E-state index contributed by atoms with van der Waals surface area (Å²) in [6.07, 6.45) is -3.65. The van der Waals surface area contributed by atoms with E-state index in [1.807, 2.05) is 0 Å². The summed E-state index contributed by atoms with van der Waals surface area (Å²) in [5.41, 5.74) is -3.63. The zero-order valence-corrected chi connectivity index (χ0v) is 21.3. The van der Waals surface area contributed by atoms with Crippen LogP contribution in [0.4, 0.5) is 17.6 Å². The van der Waals surface area contributed by atoms with Crippen LogP contribution in [-0.4, -0.2) is 35.1 Å². The predicted octanol–water partition coefficient (Wildman–Crippen LogP) is 6.48. The molecule has 2 aromatic carbocycles. The topological polar surface area (TPSA) is 82.8 Å². The minimum Gasteiger partial charge on any atom is -0.374 e. The van der Waals surface area contributed by atoms with Gasteiger partial charge >= 0.3 is 6.18 Å². The van der Waals surface area contributed by atoms with Crippen molar-refractivity contribution in [3.8, 4) is 6.07 Å². The highest BCUT2D eigenvalue weighted by Gasteiger charge is 2.62. The van der Waals surface area contributed by atoms with Gasteiger partial charge < -0.3 is 4.84 Å². The Kier molecular flexibility index (Phi) is 7.06. The van der Waals surface area contributed by atoms with Crippen LogP contribution in [-0.2, 0) is 15.2 Å². The molecule has 1 aliphatic heterocycles. The SMILES string of the molecule is C=CC(=O)N(CC1(C#N)CC1)C(=O)c1ccc(C2=NOC(c3cc(Cl)c(F)c(Cl)c3)(C(F)(F)F)C2)cc1C. The lowest BCUT2D eigenvalue weighted by Crippen LogP contribution is -2.42. The largest absolute Gasteiger partial charge is 0.435 e. The highest BCUT2D eigenvalue weighted by atomic mass is 35.5. The normalized spacial score (nSPS) is 19.7. The molecule has 1 saturated carbocycles. The van der Waals surface area contributed by atoms with Gasteiger partial charge in [0.25, 0.3) is 17.4 Å². The smallest absolute Gasteiger partial charge is 0.374 e. The fraction of sp³-hybridized carbons (Fsp3) is 0.308. The molecule has 2 amide bonds. The highest BCUT2D eigenvalue weighted by molar-refractivity contribution is 6.35. The van der Waals surface area contributed by atoms with Crippen molar-refractivity contribution in [1.29, 1.82) is 5.26 Å². The number of imide groups is 1. The average molecular weight is 568 g/mol. The molecule has 1 atom stereocenters. The highest BCUT2D eigenvalue weighted by Crippen LogP contribution is 2.50. The van der Waals surface area contributed by atoms with E-state index in [-0.39, 0.29) is 23.4 Å². The van der Waals surface area contributed by atoms with Gasteiger partial charge in [0.2, 0.25) is 0 Å². The second-order valence-corrected chi connectivity index (χ2v) is 10.1. The number of oxime groups is 1. The Balaban J connectivity index is 1.64. The fourth-order valence-corrected chi connectivity index (χ4v) is 4.68. The fourth-order valence-electron chi connectivity index (χ4n) is 4.19. The third-order valence-electron chi connectivity index (χ3n) is 6.66. The van der Waals surface area contributed by atoms with Crippen molar-refractivity contribution in [1.82, 2.24) is 4.90 Å². The maximum absolute atomic E-state index is 14.3. The van der Waals surface area contributed by atoms with E-state index < -0.39 is 56.9 Å². The van der Waals surface area contributed by atoms with Crippen LogP contribution < -0.4 is 0 Å². The van der Waals surface area contributed by atoms with E-state index in [0.717, 1.165) is 23.1 Å². The van der Waals surface area contributed by atoms with Crippen molar-refractivity contribution in [3.05, 3.63) is 81.1 Å². The molecule has 1 aliphatic carbocycles. The summed E-state index contributed by atoms with van der Waals surface area (Å²) in [5.74, 6) is -2.39. The van der Waals surface area contributed by atoms with Crippen LogP contribution in [0.5, 0.6) is 0 Å². The molecule has 4 rings (SSSR count). The van der Waals surface area contributed by atoms with E-state index in [0.29, 0.717) is 18.4 Å². The number of benzene rings is 2. The number of hydrogen-bond acceptors (Lipinski definition) is 5. The van der Waals surface area contributed by atoms with Gasteiger partial charge in [-0.25, -0.2) is 4.39 Å². The summed E-state index contributed by atoms with van der Waals surface area (Å²) in [5, 5.41) is 11.8. The molecule has 0 N–H and O–H groups in total. The molecule has 38 heavy (non-hydrogen) atoms. The molecule has 0 spiro atoms. The number of nitrogens with zero attached hydrogens (tertiary/aromatic N) is 3. The third-order valence-corrected chi connectivity index (χ3v) is 7.21. The number of amides is 2. The van der Waals surface area contributed by atoms with Crippen LogP contribution in [0.3, 0.4) is 0 Å². The summed E-state index contributed by atoms with van der Waals surface area (Å²) >= 11 is 11.5. The summed E-state index contributed by atoms with van der Waals surface area (Å²) in [7, 11) is 0. The van der Waals surface area contributed by atoms with Gasteiger partial charge in [-0.3, -0.25) is 14.5 Å². The Bertz CT molecular complexity index is 1410. The van der Waals surface area contributed by atoms with Gasteiger partial charge in [-0.05, 0) is 61.2 Å². The maximum atomic E-state index is 14.3. The van der Waals surface area contributed by atoms with Gasteiger partial charge in [-0.15, -0.1) is 0 Å². The molecule has 198 valence electrons. The Morgan fingerprint density at radius 3 is 2.37 bits per heavy atom. The number of rotatable bonds is 6. The Morgan fingerprint density at radius 2 is 1.87 bits per heavy atom. The van der Waals surface area contributed by atoms with E-state index in [9.17, 15) is 32.4 Å². The lowest BCUT2D eigenvalue weighted by molar-refractivity contribution is -0.275. The standard InChI is InChI=1S/C26H19Cl2F4N3O3/c1-3-21(36)35(13-24(12-33)6-7-24)23(37)17-5-4-15(8-14(17)2)20-11-25(38-34-20,26(30,31)32)16-9-18(27)22(29)19(28)10-16/h3-5,8-10H,1,6-7,11,13H2,2H3. The van der Waals surface area contributed by atoms with Gasteiger partial charge in [0.1, 0.15) is 0 Å². The minimum absolute atomic E-state index is 0.0820. The molecule has 12 heteroatoms. The zero-order chi connectivity index (χ0) is 28.0. The third kappa shape index (κ3) is 4.76. The number of carbonyl (C=O) groups excluding carboxylic acids is 2. The van der Waals surface area contributed by atoms with E-state index in [4.69, 9.17) is 28.0 Å². The van der Waals surface area contributed by atoms with Gasteiger partial charge in [-0.2, -0.15) is 18.4 Å². The molecular formula is C26H19Cl2F4N3O3. The molecule has 1 unspecified atom stereocenters. The van der Waals surface area contributed by atoms with Crippen LogP contribution >= 0.6 is 23.2 Å². The lowest BCUT2D eigenvalue weighted by Gasteiger charge is -2.29. The lowest BCUT2D eigenvalue weighted by atomic mass is 9.86. The summed E-state index contributed by atoms with van der Waals surface area (Å²) in [6, 6.07) is 7.91. The van der Waals surface area contributed by atoms with E-state index in [2.05, 4.69) is 17.8 Å². The predicted molar refractivity (Wildman–Crippen MR) is 131 cm³/mol. The first-order valence-electron chi connectivity index (χ1n) is 11.2. The second kappa shape index (κ2) is 9.71. The summed E-state index contributed by atoms with van der Waals surface area (Å²) in [4.78, 5) is 31.5. The zero-order valence-electron chi connectivity index (χ0n) is 19.8. The number of halogens is 6. The molecular weight excluding hydrogens is 549 g/mol. The van der Waals surface area contributed by atoms with Crippen LogP contribution in [0.1, 0.15) is 46.3 Å². The maximum Gasteiger partial charge on any atom is 0.435 e. The molecule has 2 aromatic rings. The summed E-state index contributed by atoms with van der Waals surface area (Å²) in [6.45, 7) is 4.87. The molecule has 1 heterocycles. The Labute approximate surface area is 225 Å². The molecule has 1 fully saturated rings. The first-order chi connectivity index (χ1) is 17.8.